The zero-order valence-corrected chi connectivity index (χ0v) is 21.9. The lowest BCUT2D eigenvalue weighted by atomic mass is 10.2. The van der Waals surface area contributed by atoms with Gasteiger partial charge in [-0.2, -0.15) is 15.2 Å². The van der Waals surface area contributed by atoms with Gasteiger partial charge in [0, 0.05) is 32.7 Å². The molecule has 0 unspecified atom stereocenters. The van der Waals surface area contributed by atoms with Crippen molar-refractivity contribution in [1.29, 1.82) is 5.26 Å². The predicted octanol–water partition coefficient (Wildman–Crippen LogP) is 2.64. The minimum absolute atomic E-state index is 0.00510. The van der Waals surface area contributed by atoms with Crippen LogP contribution in [0.3, 0.4) is 0 Å². The lowest BCUT2D eigenvalue weighted by Crippen LogP contribution is -2.55. The van der Waals surface area contributed by atoms with Crippen LogP contribution in [0.2, 0.25) is 5.02 Å². The van der Waals surface area contributed by atoms with Gasteiger partial charge in [0.1, 0.15) is 28.8 Å². The van der Waals surface area contributed by atoms with Crippen molar-refractivity contribution < 1.29 is 4.39 Å². The highest BCUT2D eigenvalue weighted by molar-refractivity contribution is 6.35. The van der Waals surface area contributed by atoms with Gasteiger partial charge < -0.3 is 21.8 Å². The number of fused-ring (bicyclic) bond motifs is 1. The average Bonchev–Trinajstić information content (AvgIpc) is 2.91. The molecule has 1 saturated heterocycles. The van der Waals surface area contributed by atoms with E-state index in [2.05, 4.69) is 37.3 Å². The molecule has 4 aromatic rings. The van der Waals surface area contributed by atoms with Crippen molar-refractivity contribution in [3.8, 4) is 6.07 Å². The third kappa shape index (κ3) is 5.14. The average molecular weight is 549 g/mol. The van der Waals surface area contributed by atoms with E-state index >= 15 is 0 Å². The molecule has 0 aliphatic carbocycles. The number of rotatable bonds is 6. The van der Waals surface area contributed by atoms with Crippen LogP contribution in [0.5, 0.6) is 0 Å². The van der Waals surface area contributed by atoms with Crippen LogP contribution < -0.4 is 27.4 Å². The quantitative estimate of drug-likeness (QED) is 0.327. The highest BCUT2D eigenvalue weighted by Crippen LogP contribution is 2.27. The topological polar surface area (TPSA) is 155 Å². The molecule has 5 N–H and O–H groups in total. The number of aromatic nitrogens is 4. The third-order valence-electron chi connectivity index (χ3n) is 6.61. The first kappa shape index (κ1) is 26.1. The molecule has 11 nitrogen and oxygen atoms in total. The summed E-state index contributed by atoms with van der Waals surface area (Å²) in [4.78, 5) is 28.6. The molecule has 200 valence electrons. The molecule has 0 saturated carbocycles. The highest BCUT2D eigenvalue weighted by Gasteiger charge is 2.27. The summed E-state index contributed by atoms with van der Waals surface area (Å²) in [6, 6.07) is 13.9. The maximum atomic E-state index is 14.9. The van der Waals surface area contributed by atoms with Crippen LogP contribution in [-0.4, -0.2) is 50.7 Å². The van der Waals surface area contributed by atoms with Crippen molar-refractivity contribution in [2.75, 3.05) is 48.0 Å². The molecule has 13 heteroatoms. The number of hydrogen-bond acceptors (Lipinski definition) is 10. The van der Waals surface area contributed by atoms with E-state index < -0.39 is 17.4 Å². The van der Waals surface area contributed by atoms with Crippen molar-refractivity contribution in [2.45, 2.75) is 19.5 Å². The largest absolute Gasteiger partial charge is 0.382 e. The zero-order valence-electron chi connectivity index (χ0n) is 21.1. The molecular weight excluding hydrogens is 523 g/mol. The first-order valence-electron chi connectivity index (χ1n) is 12.3. The Bertz CT molecular complexity index is 1630. The van der Waals surface area contributed by atoms with Gasteiger partial charge in [-0.1, -0.05) is 41.9 Å². The van der Waals surface area contributed by atoms with Crippen LogP contribution in [0.25, 0.3) is 10.9 Å². The molecule has 0 bridgehead atoms. The van der Waals surface area contributed by atoms with Crippen LogP contribution in [0, 0.1) is 17.1 Å². The highest BCUT2D eigenvalue weighted by atomic mass is 35.5. The summed E-state index contributed by atoms with van der Waals surface area (Å²) in [6.07, 6.45) is 0. The molecule has 0 radical (unpaired) electrons. The number of anilines is 3. The van der Waals surface area contributed by atoms with Gasteiger partial charge in [-0.3, -0.25) is 9.69 Å². The molecule has 0 spiro atoms. The predicted molar refractivity (Wildman–Crippen MR) is 148 cm³/mol. The monoisotopic (exact) mass is 548 g/mol. The molecule has 1 aliphatic heterocycles. The molecule has 1 fully saturated rings. The summed E-state index contributed by atoms with van der Waals surface area (Å²) >= 11 is 6.35. The van der Waals surface area contributed by atoms with E-state index in [4.69, 9.17) is 23.1 Å². The van der Waals surface area contributed by atoms with Crippen LogP contribution in [0.1, 0.15) is 29.9 Å². The number of hydrogen-bond donors (Lipinski definition) is 3. The van der Waals surface area contributed by atoms with Crippen LogP contribution in [0.15, 0.2) is 47.3 Å². The van der Waals surface area contributed by atoms with E-state index in [0.717, 1.165) is 6.54 Å². The Hall–Kier alpha value is -4.47. The summed E-state index contributed by atoms with van der Waals surface area (Å²) in [5, 5.41) is 14.6. The molecule has 39 heavy (non-hydrogen) atoms. The second kappa shape index (κ2) is 10.7. The summed E-state index contributed by atoms with van der Waals surface area (Å²) in [7, 11) is 0. The Morgan fingerprint density at radius 1 is 1.10 bits per heavy atom. The molecule has 2 aromatic carbocycles. The van der Waals surface area contributed by atoms with Gasteiger partial charge in [-0.05, 0) is 24.6 Å². The standard InChI is InChI=1S/C26H26ClFN10O/c1-15(32-23-17(13-29)22(30)34-26(31)35-23)24-33-21-19(28)8-7-18(27)20(21)25(39)38(24)37-11-9-36(10-12-37)14-16-5-3-2-4-6-16/h2-8,15H,9-12,14H2,1H3,(H5,30,31,32,34,35)/t15-/m0/s1. The number of benzene rings is 2. The smallest absolute Gasteiger partial charge is 0.281 e. The Kier molecular flexibility index (Phi) is 7.19. The van der Waals surface area contributed by atoms with Crippen molar-refractivity contribution in [3.05, 3.63) is 80.6 Å². The van der Waals surface area contributed by atoms with E-state index in [0.29, 0.717) is 26.2 Å². The van der Waals surface area contributed by atoms with E-state index in [-0.39, 0.29) is 44.9 Å². The Morgan fingerprint density at radius 3 is 2.51 bits per heavy atom. The van der Waals surface area contributed by atoms with Gasteiger partial charge in [0.05, 0.1) is 16.5 Å². The Morgan fingerprint density at radius 2 is 1.82 bits per heavy atom. The Balaban J connectivity index is 1.53. The Labute approximate surface area is 228 Å². The van der Waals surface area contributed by atoms with Gasteiger partial charge in [0.2, 0.25) is 5.95 Å². The van der Waals surface area contributed by atoms with Gasteiger partial charge in [0.25, 0.3) is 5.56 Å². The maximum absolute atomic E-state index is 14.9. The van der Waals surface area contributed by atoms with Gasteiger partial charge in [0.15, 0.2) is 11.6 Å². The van der Waals surface area contributed by atoms with Crippen LogP contribution in [0.4, 0.5) is 22.0 Å². The summed E-state index contributed by atoms with van der Waals surface area (Å²) in [6.45, 7) is 4.92. The molecular formula is C26H26ClFN10O. The second-order valence-corrected chi connectivity index (χ2v) is 9.63. The fourth-order valence-electron chi connectivity index (χ4n) is 4.70. The molecule has 1 atom stereocenters. The van der Waals surface area contributed by atoms with E-state index in [1.165, 1.54) is 22.4 Å². The number of nitrogens with zero attached hydrogens (tertiary/aromatic N) is 7. The lowest BCUT2D eigenvalue weighted by Gasteiger charge is -2.38. The van der Waals surface area contributed by atoms with Crippen LogP contribution in [-0.2, 0) is 6.54 Å². The number of nitrogens with one attached hydrogen (secondary N) is 1. The van der Waals surface area contributed by atoms with Crippen molar-refractivity contribution in [2.24, 2.45) is 0 Å². The van der Waals surface area contributed by atoms with Crippen molar-refractivity contribution in [1.82, 2.24) is 24.5 Å². The SMILES string of the molecule is C[C@H](Nc1nc(N)nc(N)c1C#N)c1nc2c(F)ccc(Cl)c2c(=O)n1N1CCN(Cc2ccccc2)CC1. The lowest BCUT2D eigenvalue weighted by molar-refractivity contribution is 0.229. The minimum atomic E-state index is -0.719. The van der Waals surface area contributed by atoms with Crippen molar-refractivity contribution >= 4 is 40.1 Å². The minimum Gasteiger partial charge on any atom is -0.382 e. The first-order chi connectivity index (χ1) is 18.8. The maximum Gasteiger partial charge on any atom is 0.281 e. The molecule has 5 rings (SSSR count). The zero-order chi connectivity index (χ0) is 27.7. The fourth-order valence-corrected chi connectivity index (χ4v) is 4.93. The molecule has 2 aromatic heterocycles. The van der Waals surface area contributed by atoms with E-state index in [1.807, 2.05) is 29.3 Å². The van der Waals surface area contributed by atoms with Gasteiger partial charge in [-0.15, -0.1) is 0 Å². The molecule has 0 amide bonds. The fraction of sp³-hybridized carbons (Fsp3) is 0.269. The van der Waals surface area contributed by atoms with Gasteiger partial charge in [-0.25, -0.2) is 14.1 Å². The molecule has 1 aliphatic rings. The summed E-state index contributed by atoms with van der Waals surface area (Å²) < 4.78 is 16.3. The number of piperazine rings is 1. The van der Waals surface area contributed by atoms with Crippen LogP contribution >= 0.6 is 11.6 Å². The molecule has 3 heterocycles. The number of halogens is 2. The summed E-state index contributed by atoms with van der Waals surface area (Å²) in [5.74, 6) is -0.596. The normalized spacial score (nSPS) is 14.8. The van der Waals surface area contributed by atoms with Crippen molar-refractivity contribution in [3.63, 3.8) is 0 Å². The number of nitriles is 1. The second-order valence-electron chi connectivity index (χ2n) is 9.22. The number of nitrogen functional groups attached to an aromatic ring is 2. The van der Waals surface area contributed by atoms with Gasteiger partial charge >= 0.3 is 0 Å². The van der Waals surface area contributed by atoms with E-state index in [1.54, 1.807) is 6.92 Å². The summed E-state index contributed by atoms with van der Waals surface area (Å²) in [5.41, 5.74) is 12.2. The van der Waals surface area contributed by atoms with E-state index in [9.17, 15) is 14.4 Å². The number of nitrogens with two attached hydrogens (primary N) is 2. The first-order valence-corrected chi connectivity index (χ1v) is 12.7. The third-order valence-corrected chi connectivity index (χ3v) is 6.93.